The van der Waals surface area contributed by atoms with Gasteiger partial charge in [-0.2, -0.15) is 0 Å². The smallest absolute Gasteiger partial charge is 0.135 e. The highest BCUT2D eigenvalue weighted by Crippen LogP contribution is 2.19. The number of likely N-dealkylation sites (tertiary alicyclic amines) is 1. The van der Waals surface area contributed by atoms with Gasteiger partial charge >= 0.3 is 0 Å². The molecule has 0 radical (unpaired) electrons. The van der Waals surface area contributed by atoms with Gasteiger partial charge in [0.25, 0.3) is 0 Å². The topological polar surface area (TPSA) is 67.1 Å². The van der Waals surface area contributed by atoms with E-state index in [1.165, 1.54) is 38.9 Å². The van der Waals surface area contributed by atoms with Gasteiger partial charge in [0.05, 0.1) is 0 Å². The summed E-state index contributed by atoms with van der Waals surface area (Å²) in [6, 6.07) is 2.34. The van der Waals surface area contributed by atoms with Gasteiger partial charge in [-0.15, -0.1) is 0 Å². The molecule has 1 aromatic heterocycles. The number of hydrogen-bond acceptors (Lipinski definition) is 5. The Morgan fingerprint density at radius 3 is 2.65 bits per heavy atom. The van der Waals surface area contributed by atoms with Gasteiger partial charge in [0.15, 0.2) is 0 Å². The van der Waals surface area contributed by atoms with Crippen molar-refractivity contribution >= 4 is 11.6 Å². The van der Waals surface area contributed by atoms with Crippen LogP contribution >= 0.6 is 0 Å². The minimum atomic E-state index is 0.297. The van der Waals surface area contributed by atoms with E-state index >= 15 is 0 Å². The maximum Gasteiger partial charge on any atom is 0.135 e. The van der Waals surface area contributed by atoms with Crippen LogP contribution in [0.3, 0.4) is 0 Å². The maximum absolute atomic E-state index is 5.86. The minimum Gasteiger partial charge on any atom is -0.384 e. The molecule has 2 heterocycles. The van der Waals surface area contributed by atoms with Crippen LogP contribution < -0.4 is 11.1 Å². The van der Waals surface area contributed by atoms with Crippen LogP contribution in [0.1, 0.15) is 51.8 Å². The third-order valence-corrected chi connectivity index (χ3v) is 3.76. The lowest BCUT2D eigenvalue weighted by Crippen LogP contribution is -2.39. The normalized spacial score (nSPS) is 17.6. The van der Waals surface area contributed by atoms with E-state index in [-0.39, 0.29) is 0 Å². The fraction of sp³-hybridized carbons (Fsp3) is 0.733. The fourth-order valence-corrected chi connectivity index (χ4v) is 2.64. The molecule has 3 N–H and O–H groups in total. The molecule has 1 aliphatic rings. The zero-order valence-corrected chi connectivity index (χ0v) is 12.9. The predicted molar refractivity (Wildman–Crippen MR) is 83.9 cm³/mol. The lowest BCUT2D eigenvalue weighted by molar-refractivity contribution is 0.219. The van der Waals surface area contributed by atoms with Gasteiger partial charge in [-0.25, -0.2) is 9.97 Å². The van der Waals surface area contributed by atoms with E-state index in [4.69, 9.17) is 5.73 Å². The third kappa shape index (κ3) is 4.07. The SMILES string of the molecule is CCCN1CCC(Nc2cc(N)nc(C(C)C)n2)CC1. The summed E-state index contributed by atoms with van der Waals surface area (Å²) in [6.45, 7) is 9.96. The van der Waals surface area contributed by atoms with Gasteiger partial charge in [0, 0.05) is 31.1 Å². The summed E-state index contributed by atoms with van der Waals surface area (Å²) in [6.07, 6.45) is 3.57. The summed E-state index contributed by atoms with van der Waals surface area (Å²) < 4.78 is 0. The monoisotopic (exact) mass is 277 g/mol. The summed E-state index contributed by atoms with van der Waals surface area (Å²) in [7, 11) is 0. The molecule has 0 amide bonds. The Morgan fingerprint density at radius 2 is 2.05 bits per heavy atom. The van der Waals surface area contributed by atoms with Crippen LogP contribution in [-0.4, -0.2) is 40.5 Å². The molecule has 1 aliphatic heterocycles. The zero-order valence-electron chi connectivity index (χ0n) is 12.9. The highest BCUT2D eigenvalue weighted by atomic mass is 15.1. The van der Waals surface area contributed by atoms with Crippen LogP contribution in [-0.2, 0) is 0 Å². The quantitative estimate of drug-likeness (QED) is 0.865. The first-order chi connectivity index (χ1) is 9.58. The summed E-state index contributed by atoms with van der Waals surface area (Å²) in [5.41, 5.74) is 5.86. The molecular formula is C15H27N5. The number of nitrogens with two attached hydrogens (primary N) is 1. The summed E-state index contributed by atoms with van der Waals surface area (Å²) in [5, 5.41) is 3.52. The largest absolute Gasteiger partial charge is 0.384 e. The number of aromatic nitrogens is 2. The number of hydrogen-bond donors (Lipinski definition) is 2. The van der Waals surface area contributed by atoms with Crippen LogP contribution in [0.4, 0.5) is 11.6 Å². The zero-order chi connectivity index (χ0) is 14.5. The number of rotatable bonds is 5. The summed E-state index contributed by atoms with van der Waals surface area (Å²) >= 11 is 0. The average molecular weight is 277 g/mol. The predicted octanol–water partition coefficient (Wildman–Crippen LogP) is 2.47. The first-order valence-corrected chi connectivity index (χ1v) is 7.71. The highest BCUT2D eigenvalue weighted by Gasteiger charge is 2.19. The Balaban J connectivity index is 1.94. The van der Waals surface area contributed by atoms with E-state index in [0.717, 1.165) is 11.6 Å². The van der Waals surface area contributed by atoms with E-state index in [1.54, 1.807) is 0 Å². The second kappa shape index (κ2) is 6.88. The van der Waals surface area contributed by atoms with Gasteiger partial charge in [0.2, 0.25) is 0 Å². The minimum absolute atomic E-state index is 0.297. The molecule has 112 valence electrons. The lowest BCUT2D eigenvalue weighted by Gasteiger charge is -2.32. The molecule has 5 nitrogen and oxygen atoms in total. The van der Waals surface area contributed by atoms with Crippen molar-refractivity contribution in [1.82, 2.24) is 14.9 Å². The molecule has 1 saturated heterocycles. The van der Waals surface area contributed by atoms with Crippen LogP contribution in [0, 0.1) is 0 Å². The summed E-state index contributed by atoms with van der Waals surface area (Å²) in [5.74, 6) is 2.53. The third-order valence-electron chi connectivity index (χ3n) is 3.76. The average Bonchev–Trinajstić information content (AvgIpc) is 2.40. The second-order valence-corrected chi connectivity index (χ2v) is 5.95. The number of nitrogen functional groups attached to an aromatic ring is 1. The Hall–Kier alpha value is -1.36. The van der Waals surface area contributed by atoms with Crippen molar-refractivity contribution in [2.45, 2.75) is 52.0 Å². The maximum atomic E-state index is 5.86. The Labute approximate surface area is 122 Å². The van der Waals surface area contributed by atoms with E-state index in [1.807, 2.05) is 6.07 Å². The molecule has 0 atom stereocenters. The van der Waals surface area contributed by atoms with Crippen molar-refractivity contribution in [2.24, 2.45) is 0 Å². The molecule has 0 unspecified atom stereocenters. The van der Waals surface area contributed by atoms with E-state index in [9.17, 15) is 0 Å². The van der Waals surface area contributed by atoms with E-state index < -0.39 is 0 Å². The highest BCUT2D eigenvalue weighted by molar-refractivity contribution is 5.45. The molecule has 1 fully saturated rings. The van der Waals surface area contributed by atoms with Crippen LogP contribution in [0.15, 0.2) is 6.07 Å². The van der Waals surface area contributed by atoms with E-state index in [0.29, 0.717) is 17.8 Å². The van der Waals surface area contributed by atoms with Crippen molar-refractivity contribution in [1.29, 1.82) is 0 Å². The fourth-order valence-electron chi connectivity index (χ4n) is 2.64. The Bertz CT molecular complexity index is 424. The van der Waals surface area contributed by atoms with Gasteiger partial charge in [-0.05, 0) is 25.8 Å². The first kappa shape index (κ1) is 15.0. The molecule has 0 bridgehead atoms. The van der Waals surface area contributed by atoms with Gasteiger partial charge in [-0.3, -0.25) is 0 Å². The molecular weight excluding hydrogens is 250 g/mol. The van der Waals surface area contributed by atoms with Crippen molar-refractivity contribution in [3.63, 3.8) is 0 Å². The summed E-state index contributed by atoms with van der Waals surface area (Å²) in [4.78, 5) is 11.4. The lowest BCUT2D eigenvalue weighted by atomic mass is 10.0. The number of piperidine rings is 1. The van der Waals surface area contributed by atoms with Gasteiger partial charge in [0.1, 0.15) is 17.5 Å². The van der Waals surface area contributed by atoms with E-state index in [2.05, 4.69) is 41.0 Å². The number of anilines is 2. The van der Waals surface area contributed by atoms with Crippen molar-refractivity contribution in [3.05, 3.63) is 11.9 Å². The van der Waals surface area contributed by atoms with Gasteiger partial charge in [-0.1, -0.05) is 20.8 Å². The van der Waals surface area contributed by atoms with Crippen molar-refractivity contribution in [2.75, 3.05) is 30.7 Å². The molecule has 0 aromatic carbocycles. The molecule has 20 heavy (non-hydrogen) atoms. The first-order valence-electron chi connectivity index (χ1n) is 7.71. The van der Waals surface area contributed by atoms with Gasteiger partial charge < -0.3 is 16.0 Å². The van der Waals surface area contributed by atoms with Crippen molar-refractivity contribution < 1.29 is 0 Å². The Kier molecular flexibility index (Phi) is 5.17. The Morgan fingerprint density at radius 1 is 1.35 bits per heavy atom. The number of nitrogens with one attached hydrogen (secondary N) is 1. The molecule has 2 rings (SSSR count). The standard InChI is InChI=1S/C15H27N5/c1-4-7-20-8-5-12(6-9-20)17-14-10-13(16)18-15(19-14)11(2)3/h10-12H,4-9H2,1-3H3,(H3,16,17,18,19). The molecule has 0 spiro atoms. The molecule has 1 aromatic rings. The number of nitrogens with zero attached hydrogens (tertiary/aromatic N) is 3. The van der Waals surface area contributed by atoms with Crippen molar-refractivity contribution in [3.8, 4) is 0 Å². The van der Waals surface area contributed by atoms with Crippen LogP contribution in [0.5, 0.6) is 0 Å². The molecule has 5 heteroatoms. The molecule has 0 aliphatic carbocycles. The second-order valence-electron chi connectivity index (χ2n) is 5.95. The van der Waals surface area contributed by atoms with Crippen LogP contribution in [0.25, 0.3) is 0 Å². The molecule has 0 saturated carbocycles. The van der Waals surface area contributed by atoms with Crippen LogP contribution in [0.2, 0.25) is 0 Å².